The molecular weight excluding hydrogens is 272 g/mol. The van der Waals surface area contributed by atoms with E-state index in [1.807, 2.05) is 19.1 Å². The van der Waals surface area contributed by atoms with Crippen molar-refractivity contribution in [2.45, 2.75) is 13.5 Å². The molecule has 2 rings (SSSR count). The molecule has 0 heterocycles. The van der Waals surface area contributed by atoms with Crippen LogP contribution < -0.4 is 5.32 Å². The SMILES string of the molecule is Cc1cc(C(=O)NCc2ccc(C#N)cc2)ccc1Cl. The fraction of sp³-hybridized carbons (Fsp3) is 0.125. The highest BCUT2D eigenvalue weighted by Gasteiger charge is 2.06. The molecule has 0 unspecified atom stereocenters. The average Bonchev–Trinajstić information content (AvgIpc) is 2.48. The minimum absolute atomic E-state index is 0.144. The smallest absolute Gasteiger partial charge is 0.251 e. The maximum absolute atomic E-state index is 12.0. The standard InChI is InChI=1S/C16H13ClN2O/c1-11-8-14(6-7-15(11)17)16(20)19-10-13-4-2-12(9-18)3-5-13/h2-8H,10H2,1H3,(H,19,20). The van der Waals surface area contributed by atoms with Gasteiger partial charge in [-0.3, -0.25) is 4.79 Å². The van der Waals surface area contributed by atoms with E-state index in [4.69, 9.17) is 16.9 Å². The first-order valence-corrected chi connectivity index (χ1v) is 6.51. The molecule has 3 nitrogen and oxygen atoms in total. The second kappa shape index (κ2) is 6.23. The van der Waals surface area contributed by atoms with E-state index in [-0.39, 0.29) is 5.91 Å². The summed E-state index contributed by atoms with van der Waals surface area (Å²) in [6, 6.07) is 14.3. The number of carbonyl (C=O) groups excluding carboxylic acids is 1. The van der Waals surface area contributed by atoms with Crippen LogP contribution in [-0.2, 0) is 6.54 Å². The number of nitrogens with zero attached hydrogens (tertiary/aromatic N) is 1. The third kappa shape index (κ3) is 3.37. The Morgan fingerprint density at radius 1 is 1.25 bits per heavy atom. The molecule has 20 heavy (non-hydrogen) atoms. The van der Waals surface area contributed by atoms with Crippen molar-refractivity contribution < 1.29 is 4.79 Å². The maximum Gasteiger partial charge on any atom is 0.251 e. The van der Waals surface area contributed by atoms with Crippen molar-refractivity contribution in [3.05, 3.63) is 69.7 Å². The minimum Gasteiger partial charge on any atom is -0.348 e. The predicted octanol–water partition coefficient (Wildman–Crippen LogP) is 3.45. The van der Waals surface area contributed by atoms with Gasteiger partial charge in [-0.2, -0.15) is 5.26 Å². The molecule has 2 aromatic carbocycles. The number of aryl methyl sites for hydroxylation is 1. The van der Waals surface area contributed by atoms with Crippen LogP contribution in [-0.4, -0.2) is 5.91 Å². The number of nitrogens with one attached hydrogen (secondary N) is 1. The molecule has 0 aliphatic heterocycles. The Labute approximate surface area is 122 Å². The molecule has 1 amide bonds. The average molecular weight is 285 g/mol. The zero-order valence-corrected chi connectivity index (χ0v) is 11.7. The Morgan fingerprint density at radius 3 is 2.55 bits per heavy atom. The van der Waals surface area contributed by atoms with Crippen LogP contribution in [0.2, 0.25) is 5.02 Å². The van der Waals surface area contributed by atoms with E-state index < -0.39 is 0 Å². The first-order valence-electron chi connectivity index (χ1n) is 6.13. The second-order valence-corrected chi connectivity index (χ2v) is 4.86. The lowest BCUT2D eigenvalue weighted by Crippen LogP contribution is -2.22. The van der Waals surface area contributed by atoms with Crippen LogP contribution in [0.15, 0.2) is 42.5 Å². The van der Waals surface area contributed by atoms with Gasteiger partial charge in [-0.05, 0) is 48.4 Å². The van der Waals surface area contributed by atoms with Crippen molar-refractivity contribution in [2.75, 3.05) is 0 Å². The molecule has 0 aliphatic rings. The molecule has 0 atom stereocenters. The molecular formula is C16H13ClN2O. The Morgan fingerprint density at radius 2 is 1.95 bits per heavy atom. The number of hydrogen-bond donors (Lipinski definition) is 1. The predicted molar refractivity (Wildman–Crippen MR) is 78.5 cm³/mol. The van der Waals surface area contributed by atoms with Crippen LogP contribution in [0.1, 0.15) is 27.0 Å². The van der Waals surface area contributed by atoms with E-state index in [9.17, 15) is 4.79 Å². The fourth-order valence-corrected chi connectivity index (χ4v) is 1.89. The first kappa shape index (κ1) is 14.1. The summed E-state index contributed by atoms with van der Waals surface area (Å²) in [5.74, 6) is -0.144. The van der Waals surface area contributed by atoms with Gasteiger partial charge in [-0.15, -0.1) is 0 Å². The summed E-state index contributed by atoms with van der Waals surface area (Å²) in [5.41, 5.74) is 3.01. The summed E-state index contributed by atoms with van der Waals surface area (Å²) in [5, 5.41) is 12.2. The molecule has 0 saturated carbocycles. The number of benzene rings is 2. The lowest BCUT2D eigenvalue weighted by Gasteiger charge is -2.07. The zero-order chi connectivity index (χ0) is 14.5. The van der Waals surface area contributed by atoms with Gasteiger partial charge in [-0.25, -0.2) is 0 Å². The molecule has 0 radical (unpaired) electrons. The molecule has 4 heteroatoms. The lowest BCUT2D eigenvalue weighted by molar-refractivity contribution is 0.0951. The molecule has 1 N–H and O–H groups in total. The molecule has 0 fully saturated rings. The second-order valence-electron chi connectivity index (χ2n) is 4.46. The highest BCUT2D eigenvalue weighted by Crippen LogP contribution is 2.16. The molecule has 0 spiro atoms. The number of hydrogen-bond acceptors (Lipinski definition) is 2. The number of carbonyl (C=O) groups is 1. The van der Waals surface area contributed by atoms with E-state index in [1.54, 1.807) is 30.3 Å². The van der Waals surface area contributed by atoms with Crippen LogP contribution >= 0.6 is 11.6 Å². The summed E-state index contributed by atoms with van der Waals surface area (Å²) in [4.78, 5) is 12.0. The van der Waals surface area contributed by atoms with Gasteiger partial charge in [0, 0.05) is 17.1 Å². The maximum atomic E-state index is 12.0. The topological polar surface area (TPSA) is 52.9 Å². The normalized spacial score (nSPS) is 9.85. The summed E-state index contributed by atoms with van der Waals surface area (Å²) in [7, 11) is 0. The zero-order valence-electron chi connectivity index (χ0n) is 11.0. The van der Waals surface area contributed by atoms with Crippen LogP contribution in [0.25, 0.3) is 0 Å². The van der Waals surface area contributed by atoms with Crippen LogP contribution in [0, 0.1) is 18.3 Å². The van der Waals surface area contributed by atoms with Gasteiger partial charge in [0.25, 0.3) is 5.91 Å². The van der Waals surface area contributed by atoms with E-state index in [0.717, 1.165) is 11.1 Å². The summed E-state index contributed by atoms with van der Waals surface area (Å²) >= 11 is 5.93. The summed E-state index contributed by atoms with van der Waals surface area (Å²) in [6.45, 7) is 2.28. The lowest BCUT2D eigenvalue weighted by atomic mass is 10.1. The Kier molecular flexibility index (Phi) is 4.39. The summed E-state index contributed by atoms with van der Waals surface area (Å²) in [6.07, 6.45) is 0. The van der Waals surface area contributed by atoms with E-state index >= 15 is 0 Å². The van der Waals surface area contributed by atoms with Gasteiger partial charge >= 0.3 is 0 Å². The van der Waals surface area contributed by atoms with Crippen LogP contribution in [0.4, 0.5) is 0 Å². The Balaban J connectivity index is 2.01. The van der Waals surface area contributed by atoms with Gasteiger partial charge in [0.05, 0.1) is 11.6 Å². The highest BCUT2D eigenvalue weighted by molar-refractivity contribution is 6.31. The van der Waals surface area contributed by atoms with Crippen molar-refractivity contribution in [1.29, 1.82) is 5.26 Å². The van der Waals surface area contributed by atoms with Gasteiger partial charge < -0.3 is 5.32 Å². The van der Waals surface area contributed by atoms with Crippen molar-refractivity contribution >= 4 is 17.5 Å². The fourth-order valence-electron chi connectivity index (χ4n) is 1.77. The van der Waals surface area contributed by atoms with Crippen molar-refractivity contribution in [1.82, 2.24) is 5.32 Å². The van der Waals surface area contributed by atoms with Gasteiger partial charge in [-0.1, -0.05) is 23.7 Å². The van der Waals surface area contributed by atoms with Gasteiger partial charge in [0.1, 0.15) is 0 Å². The Hall–Kier alpha value is -2.31. The summed E-state index contributed by atoms with van der Waals surface area (Å²) < 4.78 is 0. The minimum atomic E-state index is -0.144. The number of halogens is 1. The third-order valence-corrected chi connectivity index (χ3v) is 3.38. The van der Waals surface area contributed by atoms with Crippen molar-refractivity contribution in [3.63, 3.8) is 0 Å². The number of rotatable bonds is 3. The largest absolute Gasteiger partial charge is 0.348 e. The van der Waals surface area contributed by atoms with Gasteiger partial charge in [0.15, 0.2) is 0 Å². The Bertz CT molecular complexity index is 672. The van der Waals surface area contributed by atoms with Crippen molar-refractivity contribution in [3.8, 4) is 6.07 Å². The van der Waals surface area contributed by atoms with Crippen LogP contribution in [0.3, 0.4) is 0 Å². The van der Waals surface area contributed by atoms with Crippen LogP contribution in [0.5, 0.6) is 0 Å². The van der Waals surface area contributed by atoms with Gasteiger partial charge in [0.2, 0.25) is 0 Å². The number of nitriles is 1. The van der Waals surface area contributed by atoms with E-state index in [1.165, 1.54) is 0 Å². The van der Waals surface area contributed by atoms with E-state index in [2.05, 4.69) is 11.4 Å². The number of amides is 1. The van der Waals surface area contributed by atoms with E-state index in [0.29, 0.717) is 22.7 Å². The molecule has 0 aromatic heterocycles. The quantitative estimate of drug-likeness (QED) is 0.938. The monoisotopic (exact) mass is 284 g/mol. The highest BCUT2D eigenvalue weighted by atomic mass is 35.5. The third-order valence-electron chi connectivity index (χ3n) is 2.96. The molecule has 0 saturated heterocycles. The molecule has 0 bridgehead atoms. The molecule has 2 aromatic rings. The first-order chi connectivity index (χ1) is 9.60. The van der Waals surface area contributed by atoms with Crippen molar-refractivity contribution in [2.24, 2.45) is 0 Å². The molecule has 0 aliphatic carbocycles. The molecule has 100 valence electrons.